The van der Waals surface area contributed by atoms with Gasteiger partial charge in [0.05, 0.1) is 10.5 Å². The molecule has 1 aliphatic carbocycles. The highest BCUT2D eigenvalue weighted by Gasteiger charge is 2.36. The molecule has 1 aromatic carbocycles. The number of pyridine rings is 1. The third-order valence-corrected chi connectivity index (χ3v) is 7.46. The molecule has 0 unspecified atom stereocenters. The zero-order valence-corrected chi connectivity index (χ0v) is 17.7. The van der Waals surface area contributed by atoms with Gasteiger partial charge in [0.15, 0.2) is 0 Å². The van der Waals surface area contributed by atoms with Crippen molar-refractivity contribution in [2.24, 2.45) is 5.92 Å². The Morgan fingerprint density at radius 1 is 1.03 bits per heavy atom. The molecule has 2 heterocycles. The van der Waals surface area contributed by atoms with Crippen molar-refractivity contribution in [1.82, 2.24) is 14.6 Å². The first-order valence-electron chi connectivity index (χ1n) is 10.3. The molecule has 1 saturated carbocycles. The monoisotopic (exact) mass is 427 g/mol. The van der Waals surface area contributed by atoms with Crippen molar-refractivity contribution < 1.29 is 18.0 Å². The van der Waals surface area contributed by atoms with Gasteiger partial charge in [-0.05, 0) is 67.9 Å². The first kappa shape index (κ1) is 20.7. The lowest BCUT2D eigenvalue weighted by atomic mass is 9.88. The molecule has 158 valence electrons. The average Bonchev–Trinajstić information content (AvgIpc) is 2.99. The minimum absolute atomic E-state index is 0.00619. The van der Waals surface area contributed by atoms with Gasteiger partial charge in [0.1, 0.15) is 5.69 Å². The molecule has 2 aromatic rings. The maximum Gasteiger partial charge on any atom is 0.280 e. The van der Waals surface area contributed by atoms with Crippen LogP contribution in [0.3, 0.4) is 0 Å². The number of benzene rings is 1. The standard InChI is InChI=1S/C22H25N3O4S/c1-15-4-8-17(9-5-15)24-30(28,29)18-10-6-16(7-11-18)12-14-25-21(26)19-3-2-13-23-20(19)22(25)27/h2-3,6-7,10-11,13,15,17,24H,4-5,8-9,12,14H2,1H3. The molecule has 0 radical (unpaired) electrons. The molecule has 0 spiro atoms. The first-order chi connectivity index (χ1) is 14.3. The Hall–Kier alpha value is -2.58. The summed E-state index contributed by atoms with van der Waals surface area (Å²) in [5, 5.41) is 0. The predicted molar refractivity (Wildman–Crippen MR) is 111 cm³/mol. The number of hydrogen-bond acceptors (Lipinski definition) is 5. The van der Waals surface area contributed by atoms with Crippen molar-refractivity contribution in [1.29, 1.82) is 0 Å². The maximum atomic E-state index is 12.7. The molecule has 1 N–H and O–H groups in total. The number of carbonyl (C=O) groups excluding carboxylic acids is 2. The zero-order chi connectivity index (χ0) is 21.3. The highest BCUT2D eigenvalue weighted by molar-refractivity contribution is 7.89. The second-order valence-corrected chi connectivity index (χ2v) is 9.85. The van der Waals surface area contributed by atoms with Gasteiger partial charge >= 0.3 is 0 Å². The smallest absolute Gasteiger partial charge is 0.273 e. The van der Waals surface area contributed by atoms with Gasteiger partial charge in [0.25, 0.3) is 11.8 Å². The van der Waals surface area contributed by atoms with Gasteiger partial charge in [0.2, 0.25) is 10.0 Å². The Bertz CT molecular complexity index is 1020. The lowest BCUT2D eigenvalue weighted by Gasteiger charge is -2.26. The third-order valence-electron chi connectivity index (χ3n) is 5.93. The fourth-order valence-electron chi connectivity index (χ4n) is 4.06. The minimum atomic E-state index is -3.56. The quantitative estimate of drug-likeness (QED) is 0.715. The van der Waals surface area contributed by atoms with E-state index in [-0.39, 0.29) is 35.0 Å². The third kappa shape index (κ3) is 4.15. The molecular formula is C22H25N3O4S. The van der Waals surface area contributed by atoms with E-state index in [1.165, 1.54) is 11.1 Å². The van der Waals surface area contributed by atoms with E-state index in [1.807, 2.05) is 0 Å². The normalized spacial score (nSPS) is 21.7. The maximum absolute atomic E-state index is 12.7. The fraction of sp³-hybridized carbons (Fsp3) is 0.409. The number of nitrogens with one attached hydrogen (secondary N) is 1. The van der Waals surface area contributed by atoms with Crippen molar-refractivity contribution in [2.45, 2.75) is 50.0 Å². The van der Waals surface area contributed by atoms with E-state index in [0.29, 0.717) is 17.9 Å². The van der Waals surface area contributed by atoms with Gasteiger partial charge in [-0.15, -0.1) is 0 Å². The van der Waals surface area contributed by atoms with Crippen LogP contribution < -0.4 is 4.72 Å². The Labute approximate surface area is 176 Å². The van der Waals surface area contributed by atoms with Gasteiger partial charge in [-0.1, -0.05) is 19.1 Å². The second kappa shape index (κ2) is 8.28. The van der Waals surface area contributed by atoms with Crippen molar-refractivity contribution in [3.8, 4) is 0 Å². The average molecular weight is 428 g/mol. The molecule has 0 saturated heterocycles. The molecular weight excluding hydrogens is 402 g/mol. The molecule has 0 atom stereocenters. The molecule has 1 aromatic heterocycles. The Morgan fingerprint density at radius 3 is 2.40 bits per heavy atom. The molecule has 1 fully saturated rings. The molecule has 1 aliphatic heterocycles. The number of nitrogens with zero attached hydrogens (tertiary/aromatic N) is 2. The molecule has 2 aliphatic rings. The molecule has 30 heavy (non-hydrogen) atoms. The number of aromatic nitrogens is 1. The van der Waals surface area contributed by atoms with Crippen molar-refractivity contribution in [3.63, 3.8) is 0 Å². The van der Waals surface area contributed by atoms with Crippen LogP contribution in [0.5, 0.6) is 0 Å². The summed E-state index contributed by atoms with van der Waals surface area (Å²) in [6.45, 7) is 2.42. The number of carbonyl (C=O) groups is 2. The summed E-state index contributed by atoms with van der Waals surface area (Å²) in [5.74, 6) is -0.0722. The van der Waals surface area contributed by atoms with Crippen LogP contribution >= 0.6 is 0 Å². The predicted octanol–water partition coefficient (Wildman–Crippen LogP) is 2.78. The highest BCUT2D eigenvalue weighted by Crippen LogP contribution is 2.25. The van der Waals surface area contributed by atoms with Crippen LogP contribution in [0.4, 0.5) is 0 Å². The second-order valence-electron chi connectivity index (χ2n) is 8.13. The van der Waals surface area contributed by atoms with Gasteiger partial charge in [-0.2, -0.15) is 0 Å². The molecule has 4 rings (SSSR count). The topological polar surface area (TPSA) is 96.4 Å². The zero-order valence-electron chi connectivity index (χ0n) is 16.9. The number of hydrogen-bond donors (Lipinski definition) is 1. The number of imide groups is 1. The van der Waals surface area contributed by atoms with E-state index in [1.54, 1.807) is 36.4 Å². The Kier molecular flexibility index (Phi) is 5.71. The highest BCUT2D eigenvalue weighted by atomic mass is 32.2. The largest absolute Gasteiger partial charge is 0.280 e. The van der Waals surface area contributed by atoms with Crippen molar-refractivity contribution >= 4 is 21.8 Å². The number of sulfonamides is 1. The molecule has 7 nitrogen and oxygen atoms in total. The van der Waals surface area contributed by atoms with E-state index >= 15 is 0 Å². The molecule has 8 heteroatoms. The summed E-state index contributed by atoms with van der Waals surface area (Å²) < 4.78 is 28.1. The van der Waals surface area contributed by atoms with E-state index in [0.717, 1.165) is 31.2 Å². The number of rotatable bonds is 6. The van der Waals surface area contributed by atoms with Crippen LogP contribution in [0.15, 0.2) is 47.5 Å². The van der Waals surface area contributed by atoms with Crippen LogP contribution in [-0.2, 0) is 16.4 Å². The van der Waals surface area contributed by atoms with E-state index < -0.39 is 10.0 Å². The van der Waals surface area contributed by atoms with Crippen LogP contribution in [0.25, 0.3) is 0 Å². The van der Waals surface area contributed by atoms with E-state index in [9.17, 15) is 18.0 Å². The SMILES string of the molecule is CC1CCC(NS(=O)(=O)c2ccc(CCN3C(=O)c4cccnc4C3=O)cc2)CC1. The Morgan fingerprint density at radius 2 is 1.73 bits per heavy atom. The van der Waals surface area contributed by atoms with E-state index in [2.05, 4.69) is 16.6 Å². The summed E-state index contributed by atoms with van der Waals surface area (Å²) in [6.07, 6.45) is 5.76. The first-order valence-corrected chi connectivity index (χ1v) is 11.8. The minimum Gasteiger partial charge on any atom is -0.273 e. The van der Waals surface area contributed by atoms with Crippen LogP contribution in [0, 0.1) is 5.92 Å². The Balaban J connectivity index is 1.37. The summed E-state index contributed by atoms with van der Waals surface area (Å²) >= 11 is 0. The molecule has 2 amide bonds. The van der Waals surface area contributed by atoms with Gasteiger partial charge < -0.3 is 0 Å². The van der Waals surface area contributed by atoms with Crippen LogP contribution in [0.1, 0.15) is 59.0 Å². The lowest BCUT2D eigenvalue weighted by Crippen LogP contribution is -2.37. The van der Waals surface area contributed by atoms with E-state index in [4.69, 9.17) is 0 Å². The van der Waals surface area contributed by atoms with Crippen LogP contribution in [0.2, 0.25) is 0 Å². The molecule has 0 bridgehead atoms. The van der Waals surface area contributed by atoms with Crippen molar-refractivity contribution in [3.05, 3.63) is 59.4 Å². The fourth-order valence-corrected chi connectivity index (χ4v) is 5.36. The summed E-state index contributed by atoms with van der Waals surface area (Å²) in [5.41, 5.74) is 1.37. The van der Waals surface area contributed by atoms with Gasteiger partial charge in [-0.25, -0.2) is 13.1 Å². The summed E-state index contributed by atoms with van der Waals surface area (Å²) in [4.78, 5) is 30.2. The van der Waals surface area contributed by atoms with Gasteiger partial charge in [0, 0.05) is 18.8 Å². The van der Waals surface area contributed by atoms with Crippen molar-refractivity contribution in [2.75, 3.05) is 6.54 Å². The van der Waals surface area contributed by atoms with Gasteiger partial charge in [-0.3, -0.25) is 19.5 Å². The number of amides is 2. The lowest BCUT2D eigenvalue weighted by molar-refractivity contribution is 0.0654. The summed E-state index contributed by atoms with van der Waals surface area (Å²) in [7, 11) is -3.56. The van der Waals surface area contributed by atoms with Crippen LogP contribution in [-0.4, -0.2) is 42.7 Å². The number of fused-ring (bicyclic) bond motifs is 1. The summed E-state index contributed by atoms with van der Waals surface area (Å²) in [6, 6.07) is 9.84.